The Morgan fingerprint density at radius 3 is 2.34 bits per heavy atom. The fraction of sp³-hybridized carbons (Fsp3) is 0.261. The minimum atomic E-state index is -0.368. The lowest BCUT2D eigenvalue weighted by molar-refractivity contribution is -0.131. The molecular formula is C23H21Cl3N4O2. The number of para-hydroxylation sites is 1. The monoisotopic (exact) mass is 490 g/mol. The van der Waals surface area contributed by atoms with Crippen LogP contribution in [0.2, 0.25) is 15.1 Å². The Hall–Kier alpha value is -2.54. The van der Waals surface area contributed by atoms with Crippen LogP contribution < -0.4 is 10.5 Å². The number of piperazine rings is 1. The van der Waals surface area contributed by atoms with Crippen molar-refractivity contribution in [2.45, 2.75) is 12.8 Å². The van der Waals surface area contributed by atoms with E-state index in [1.54, 1.807) is 24.4 Å². The summed E-state index contributed by atoms with van der Waals surface area (Å²) in [4.78, 5) is 29.2. The van der Waals surface area contributed by atoms with Crippen molar-refractivity contribution in [3.05, 3.63) is 85.7 Å². The van der Waals surface area contributed by atoms with Gasteiger partial charge in [0.05, 0.1) is 27.6 Å². The highest BCUT2D eigenvalue weighted by Crippen LogP contribution is 2.27. The van der Waals surface area contributed by atoms with Crippen molar-refractivity contribution in [1.29, 1.82) is 0 Å². The SMILES string of the molecule is O=C(CCc1cccc(Cl)c1Cl)N1CCN(c2cnn(-c3ccccc3)c(=O)c2Cl)CC1. The Morgan fingerprint density at radius 2 is 1.62 bits per heavy atom. The van der Waals surface area contributed by atoms with E-state index in [9.17, 15) is 9.59 Å². The van der Waals surface area contributed by atoms with E-state index in [1.165, 1.54) is 4.68 Å². The van der Waals surface area contributed by atoms with Crippen LogP contribution in [0.4, 0.5) is 5.69 Å². The molecule has 0 bridgehead atoms. The number of aromatic nitrogens is 2. The van der Waals surface area contributed by atoms with Crippen LogP contribution in [0.25, 0.3) is 5.69 Å². The molecule has 0 aliphatic carbocycles. The molecule has 0 spiro atoms. The molecule has 166 valence electrons. The van der Waals surface area contributed by atoms with Gasteiger partial charge in [-0.25, -0.2) is 0 Å². The van der Waals surface area contributed by atoms with E-state index in [0.717, 1.165) is 5.56 Å². The van der Waals surface area contributed by atoms with Crippen molar-refractivity contribution < 1.29 is 4.79 Å². The molecule has 1 saturated heterocycles. The molecule has 9 heteroatoms. The van der Waals surface area contributed by atoms with E-state index in [-0.39, 0.29) is 16.5 Å². The average Bonchev–Trinajstić information content (AvgIpc) is 2.82. The number of benzene rings is 2. The van der Waals surface area contributed by atoms with Gasteiger partial charge < -0.3 is 9.80 Å². The number of carbonyl (C=O) groups is 1. The molecule has 0 unspecified atom stereocenters. The lowest BCUT2D eigenvalue weighted by Gasteiger charge is -2.36. The predicted molar refractivity (Wildman–Crippen MR) is 128 cm³/mol. The summed E-state index contributed by atoms with van der Waals surface area (Å²) in [7, 11) is 0. The van der Waals surface area contributed by atoms with Gasteiger partial charge in [-0.15, -0.1) is 0 Å². The van der Waals surface area contributed by atoms with Crippen molar-refractivity contribution in [1.82, 2.24) is 14.7 Å². The zero-order valence-corrected chi connectivity index (χ0v) is 19.4. The maximum Gasteiger partial charge on any atom is 0.292 e. The standard InChI is InChI=1S/C23H21Cl3N4O2/c24-18-8-4-5-16(21(18)25)9-10-20(31)29-13-11-28(12-14-29)19-15-27-30(23(32)22(19)26)17-6-2-1-3-7-17/h1-8,15H,9-14H2. The van der Waals surface area contributed by atoms with Crippen LogP contribution in [-0.4, -0.2) is 46.8 Å². The third kappa shape index (κ3) is 4.77. The second-order valence-corrected chi connectivity index (χ2v) is 8.64. The van der Waals surface area contributed by atoms with Gasteiger partial charge in [0.25, 0.3) is 5.56 Å². The van der Waals surface area contributed by atoms with E-state index in [4.69, 9.17) is 34.8 Å². The van der Waals surface area contributed by atoms with E-state index >= 15 is 0 Å². The largest absolute Gasteiger partial charge is 0.365 e. The molecule has 1 aliphatic heterocycles. The Kier molecular flexibility index (Phi) is 7.04. The predicted octanol–water partition coefficient (Wildman–Crippen LogP) is 4.47. The molecule has 1 aliphatic rings. The van der Waals surface area contributed by atoms with Crippen molar-refractivity contribution in [3.8, 4) is 5.69 Å². The summed E-state index contributed by atoms with van der Waals surface area (Å²) in [5.41, 5.74) is 1.73. The molecule has 0 saturated carbocycles. The molecular weight excluding hydrogens is 471 g/mol. The van der Waals surface area contributed by atoms with Crippen molar-refractivity contribution in [3.63, 3.8) is 0 Å². The summed E-state index contributed by atoms with van der Waals surface area (Å²) in [6.07, 6.45) is 2.50. The summed E-state index contributed by atoms with van der Waals surface area (Å²) in [6.45, 7) is 2.22. The molecule has 3 aromatic rings. The van der Waals surface area contributed by atoms with E-state index in [2.05, 4.69) is 5.10 Å². The Morgan fingerprint density at radius 1 is 0.906 bits per heavy atom. The maximum absolute atomic E-state index is 12.7. The first-order valence-electron chi connectivity index (χ1n) is 10.2. The van der Waals surface area contributed by atoms with Gasteiger partial charge >= 0.3 is 0 Å². The normalized spacial score (nSPS) is 14.0. The number of hydrogen-bond donors (Lipinski definition) is 0. The molecule has 2 aromatic carbocycles. The molecule has 1 aromatic heterocycles. The van der Waals surface area contributed by atoms with E-state index < -0.39 is 0 Å². The zero-order chi connectivity index (χ0) is 22.7. The number of halogens is 3. The Bertz CT molecular complexity index is 1180. The molecule has 32 heavy (non-hydrogen) atoms. The van der Waals surface area contributed by atoms with Gasteiger partial charge in [-0.3, -0.25) is 9.59 Å². The van der Waals surface area contributed by atoms with Gasteiger partial charge in [0, 0.05) is 32.6 Å². The second kappa shape index (κ2) is 9.94. The average molecular weight is 492 g/mol. The van der Waals surface area contributed by atoms with Crippen LogP contribution in [0.15, 0.2) is 59.5 Å². The smallest absolute Gasteiger partial charge is 0.292 e. The van der Waals surface area contributed by atoms with Crippen LogP contribution in [0.5, 0.6) is 0 Å². The van der Waals surface area contributed by atoms with Crippen LogP contribution in [0.3, 0.4) is 0 Å². The van der Waals surface area contributed by atoms with Crippen LogP contribution in [0, 0.1) is 0 Å². The summed E-state index contributed by atoms with van der Waals surface area (Å²) in [5.74, 6) is 0.0596. The number of carbonyl (C=O) groups excluding carboxylic acids is 1. The Labute approximate surface area is 200 Å². The van der Waals surface area contributed by atoms with Crippen LogP contribution in [0.1, 0.15) is 12.0 Å². The molecule has 0 radical (unpaired) electrons. The molecule has 0 atom stereocenters. The fourth-order valence-corrected chi connectivity index (χ4v) is 4.40. The van der Waals surface area contributed by atoms with Gasteiger partial charge in [-0.05, 0) is 30.2 Å². The minimum Gasteiger partial charge on any atom is -0.365 e. The van der Waals surface area contributed by atoms with Crippen LogP contribution in [-0.2, 0) is 11.2 Å². The highest BCUT2D eigenvalue weighted by atomic mass is 35.5. The first-order chi connectivity index (χ1) is 15.5. The molecule has 2 heterocycles. The summed E-state index contributed by atoms with van der Waals surface area (Å²) < 4.78 is 1.28. The number of hydrogen-bond acceptors (Lipinski definition) is 4. The first-order valence-corrected chi connectivity index (χ1v) is 11.4. The number of aryl methyl sites for hydroxylation is 1. The van der Waals surface area contributed by atoms with Crippen LogP contribution >= 0.6 is 34.8 Å². The van der Waals surface area contributed by atoms with Crippen molar-refractivity contribution in [2.24, 2.45) is 0 Å². The minimum absolute atomic E-state index is 0.0596. The summed E-state index contributed by atoms with van der Waals surface area (Å²) in [5, 5.41) is 5.41. The van der Waals surface area contributed by atoms with Crippen molar-refractivity contribution >= 4 is 46.4 Å². The highest BCUT2D eigenvalue weighted by Gasteiger charge is 2.24. The van der Waals surface area contributed by atoms with Gasteiger partial charge in [0.2, 0.25) is 5.91 Å². The lowest BCUT2D eigenvalue weighted by atomic mass is 10.1. The quantitative estimate of drug-likeness (QED) is 0.528. The molecule has 4 rings (SSSR count). The number of anilines is 1. The zero-order valence-electron chi connectivity index (χ0n) is 17.2. The van der Waals surface area contributed by atoms with Gasteiger partial charge in [-0.2, -0.15) is 9.78 Å². The molecule has 6 nitrogen and oxygen atoms in total. The summed E-state index contributed by atoms with van der Waals surface area (Å²) in [6, 6.07) is 14.6. The fourth-order valence-electron chi connectivity index (χ4n) is 3.74. The molecule has 0 N–H and O–H groups in total. The lowest BCUT2D eigenvalue weighted by Crippen LogP contribution is -2.49. The highest BCUT2D eigenvalue weighted by molar-refractivity contribution is 6.42. The van der Waals surface area contributed by atoms with Crippen molar-refractivity contribution in [2.75, 3.05) is 31.1 Å². The number of amides is 1. The maximum atomic E-state index is 12.7. The summed E-state index contributed by atoms with van der Waals surface area (Å²) >= 11 is 18.7. The molecule has 1 fully saturated rings. The third-order valence-electron chi connectivity index (χ3n) is 5.51. The topological polar surface area (TPSA) is 58.4 Å². The van der Waals surface area contributed by atoms with Gasteiger partial charge in [-0.1, -0.05) is 65.1 Å². The van der Waals surface area contributed by atoms with Gasteiger partial charge in [0.15, 0.2) is 0 Å². The van der Waals surface area contributed by atoms with Gasteiger partial charge in [0.1, 0.15) is 5.02 Å². The second-order valence-electron chi connectivity index (χ2n) is 7.48. The molecule has 1 amide bonds. The third-order valence-corrected chi connectivity index (χ3v) is 6.73. The Balaban J connectivity index is 1.38. The van der Waals surface area contributed by atoms with E-state index in [1.807, 2.05) is 40.1 Å². The number of nitrogens with zero attached hydrogens (tertiary/aromatic N) is 4. The van der Waals surface area contributed by atoms with E-state index in [0.29, 0.717) is 60.4 Å². The number of rotatable bonds is 5. The first kappa shape index (κ1) is 22.6.